The van der Waals surface area contributed by atoms with Crippen LogP contribution in [0.25, 0.3) is 11.1 Å². The second kappa shape index (κ2) is 6.41. The summed E-state index contributed by atoms with van der Waals surface area (Å²) in [6, 6.07) is 29.0. The van der Waals surface area contributed by atoms with Crippen molar-refractivity contribution < 1.29 is 9.31 Å². The monoisotopic (exact) mass is 300 g/mol. The molecule has 0 aliphatic carbocycles. The van der Waals surface area contributed by atoms with E-state index in [1.807, 2.05) is 24.3 Å². The first-order valence-corrected chi connectivity index (χ1v) is 7.87. The highest BCUT2D eigenvalue weighted by Gasteiger charge is 2.33. The van der Waals surface area contributed by atoms with Crippen LogP contribution in [0.1, 0.15) is 11.7 Å². The van der Waals surface area contributed by atoms with E-state index in [4.69, 9.17) is 9.31 Å². The van der Waals surface area contributed by atoms with Gasteiger partial charge in [-0.2, -0.15) is 0 Å². The normalized spacial score (nSPS) is 17.4. The maximum absolute atomic E-state index is 6.06. The van der Waals surface area contributed by atoms with Crippen LogP contribution in [0.4, 0.5) is 0 Å². The van der Waals surface area contributed by atoms with Gasteiger partial charge < -0.3 is 9.31 Å². The second-order valence-electron chi connectivity index (χ2n) is 5.69. The molecule has 1 fully saturated rings. The SMILES string of the molecule is c1ccc(-c2ccc(B3OC[C@@H](c4ccccc4)O3)cc2)cc1. The van der Waals surface area contributed by atoms with Crippen LogP contribution in [0.2, 0.25) is 0 Å². The van der Waals surface area contributed by atoms with Crippen molar-refractivity contribution in [2.75, 3.05) is 6.61 Å². The fourth-order valence-corrected chi connectivity index (χ4v) is 2.88. The van der Waals surface area contributed by atoms with Gasteiger partial charge in [-0.15, -0.1) is 0 Å². The maximum atomic E-state index is 6.06. The Balaban J connectivity index is 1.49. The van der Waals surface area contributed by atoms with Crippen molar-refractivity contribution in [1.82, 2.24) is 0 Å². The highest BCUT2D eigenvalue weighted by molar-refractivity contribution is 6.61. The Labute approximate surface area is 136 Å². The van der Waals surface area contributed by atoms with Crippen LogP contribution in [-0.4, -0.2) is 13.7 Å². The van der Waals surface area contributed by atoms with Gasteiger partial charge in [0.1, 0.15) is 0 Å². The lowest BCUT2D eigenvalue weighted by atomic mass is 9.79. The quantitative estimate of drug-likeness (QED) is 0.684. The standard InChI is InChI=1S/C20H17BO2/c1-3-7-16(8-4-1)17-11-13-19(14-12-17)21-22-15-20(23-21)18-9-5-2-6-10-18/h1-14,20H,15H2/t20-/m0/s1. The smallest absolute Gasteiger partial charge is 0.404 e. The molecule has 1 atom stereocenters. The molecule has 23 heavy (non-hydrogen) atoms. The fourth-order valence-electron chi connectivity index (χ4n) is 2.88. The molecule has 0 aromatic heterocycles. The zero-order valence-corrected chi connectivity index (χ0v) is 12.8. The van der Waals surface area contributed by atoms with E-state index in [-0.39, 0.29) is 13.2 Å². The minimum atomic E-state index is -0.287. The van der Waals surface area contributed by atoms with Crippen molar-refractivity contribution in [3.63, 3.8) is 0 Å². The van der Waals surface area contributed by atoms with Crippen LogP contribution in [0.15, 0.2) is 84.9 Å². The largest absolute Gasteiger partial charge is 0.494 e. The molecule has 1 aliphatic rings. The van der Waals surface area contributed by atoms with E-state index >= 15 is 0 Å². The summed E-state index contributed by atoms with van der Waals surface area (Å²) in [5.74, 6) is 0. The second-order valence-corrected chi connectivity index (χ2v) is 5.69. The molecule has 0 spiro atoms. The molecule has 3 aromatic carbocycles. The molecular formula is C20H17BO2. The van der Waals surface area contributed by atoms with E-state index < -0.39 is 0 Å². The van der Waals surface area contributed by atoms with Crippen LogP contribution in [-0.2, 0) is 9.31 Å². The van der Waals surface area contributed by atoms with E-state index in [0.717, 1.165) is 11.0 Å². The van der Waals surface area contributed by atoms with Gasteiger partial charge in [-0.3, -0.25) is 0 Å². The van der Waals surface area contributed by atoms with Gasteiger partial charge in [0.25, 0.3) is 0 Å². The van der Waals surface area contributed by atoms with E-state index in [1.54, 1.807) is 0 Å². The van der Waals surface area contributed by atoms with Crippen LogP contribution < -0.4 is 5.46 Å². The highest BCUT2D eigenvalue weighted by atomic mass is 16.6. The summed E-state index contributed by atoms with van der Waals surface area (Å²) >= 11 is 0. The average molecular weight is 300 g/mol. The third kappa shape index (κ3) is 3.07. The summed E-state index contributed by atoms with van der Waals surface area (Å²) in [4.78, 5) is 0. The Kier molecular flexibility index (Phi) is 3.97. The molecule has 112 valence electrons. The number of hydrogen-bond donors (Lipinski definition) is 0. The first-order valence-electron chi connectivity index (χ1n) is 7.87. The Bertz CT molecular complexity index is 757. The zero-order chi connectivity index (χ0) is 15.5. The third-order valence-electron chi connectivity index (χ3n) is 4.15. The lowest BCUT2D eigenvalue weighted by molar-refractivity contribution is 0.241. The van der Waals surface area contributed by atoms with Crippen LogP contribution in [0, 0.1) is 0 Å². The molecule has 3 aromatic rings. The van der Waals surface area contributed by atoms with Gasteiger partial charge in [0.2, 0.25) is 0 Å². The number of benzene rings is 3. The minimum Gasteiger partial charge on any atom is -0.404 e. The number of rotatable bonds is 3. The molecule has 0 bridgehead atoms. The Morgan fingerprint density at radius 1 is 0.696 bits per heavy atom. The Morgan fingerprint density at radius 2 is 1.30 bits per heavy atom. The predicted molar refractivity (Wildman–Crippen MR) is 93.5 cm³/mol. The van der Waals surface area contributed by atoms with Gasteiger partial charge in [0, 0.05) is 0 Å². The van der Waals surface area contributed by atoms with Crippen molar-refractivity contribution in [2.45, 2.75) is 6.10 Å². The summed E-state index contributed by atoms with van der Waals surface area (Å²) in [5.41, 5.74) is 4.64. The first-order chi connectivity index (χ1) is 11.4. The Hall–Kier alpha value is -2.36. The molecule has 1 aliphatic heterocycles. The summed E-state index contributed by atoms with van der Waals surface area (Å²) in [7, 11) is -0.287. The average Bonchev–Trinajstić information content (AvgIpc) is 3.14. The molecule has 1 saturated heterocycles. The molecule has 0 amide bonds. The topological polar surface area (TPSA) is 18.5 Å². The molecule has 0 saturated carbocycles. The van der Waals surface area contributed by atoms with Gasteiger partial charge in [-0.25, -0.2) is 0 Å². The van der Waals surface area contributed by atoms with Gasteiger partial charge in [-0.1, -0.05) is 84.9 Å². The molecule has 0 radical (unpaired) electrons. The van der Waals surface area contributed by atoms with Crippen molar-refractivity contribution in [3.05, 3.63) is 90.5 Å². The Morgan fingerprint density at radius 3 is 2.00 bits per heavy atom. The van der Waals surface area contributed by atoms with E-state index in [9.17, 15) is 0 Å². The lowest BCUT2D eigenvalue weighted by Gasteiger charge is -2.10. The van der Waals surface area contributed by atoms with Crippen LogP contribution >= 0.6 is 0 Å². The highest BCUT2D eigenvalue weighted by Crippen LogP contribution is 2.25. The summed E-state index contributed by atoms with van der Waals surface area (Å²) < 4.78 is 11.9. The van der Waals surface area contributed by atoms with Crippen molar-refractivity contribution >= 4 is 12.6 Å². The molecule has 0 unspecified atom stereocenters. The molecule has 0 N–H and O–H groups in total. The fraction of sp³-hybridized carbons (Fsp3) is 0.100. The van der Waals surface area contributed by atoms with Gasteiger partial charge in [0.05, 0.1) is 12.7 Å². The van der Waals surface area contributed by atoms with Crippen molar-refractivity contribution in [3.8, 4) is 11.1 Å². The molecular weight excluding hydrogens is 283 g/mol. The van der Waals surface area contributed by atoms with Gasteiger partial charge in [-0.05, 0) is 22.2 Å². The van der Waals surface area contributed by atoms with Gasteiger partial charge in [0.15, 0.2) is 0 Å². The summed E-state index contributed by atoms with van der Waals surface area (Å²) in [6.45, 7) is 0.592. The van der Waals surface area contributed by atoms with E-state index in [0.29, 0.717) is 6.61 Å². The lowest BCUT2D eigenvalue weighted by Crippen LogP contribution is -2.31. The van der Waals surface area contributed by atoms with Crippen molar-refractivity contribution in [2.24, 2.45) is 0 Å². The molecule has 2 nitrogen and oxygen atoms in total. The summed E-state index contributed by atoms with van der Waals surface area (Å²) in [5, 5.41) is 0. The van der Waals surface area contributed by atoms with Crippen LogP contribution in [0.3, 0.4) is 0 Å². The number of hydrogen-bond acceptors (Lipinski definition) is 2. The predicted octanol–water partition coefficient (Wildman–Crippen LogP) is 3.84. The van der Waals surface area contributed by atoms with Crippen molar-refractivity contribution in [1.29, 1.82) is 0 Å². The van der Waals surface area contributed by atoms with E-state index in [2.05, 4.69) is 60.7 Å². The molecule has 4 rings (SSSR count). The third-order valence-corrected chi connectivity index (χ3v) is 4.15. The summed E-state index contributed by atoms with van der Waals surface area (Å²) in [6.07, 6.45) is 0.00926. The maximum Gasteiger partial charge on any atom is 0.494 e. The molecule has 3 heteroatoms. The van der Waals surface area contributed by atoms with Gasteiger partial charge >= 0.3 is 7.12 Å². The minimum absolute atomic E-state index is 0.00926. The van der Waals surface area contributed by atoms with E-state index in [1.165, 1.54) is 11.1 Å². The first kappa shape index (κ1) is 14.3. The van der Waals surface area contributed by atoms with Crippen LogP contribution in [0.5, 0.6) is 0 Å². The zero-order valence-electron chi connectivity index (χ0n) is 12.8. The molecule has 1 heterocycles.